The zero-order valence-electron chi connectivity index (χ0n) is 13.5. The van der Waals surface area contributed by atoms with Gasteiger partial charge in [0.05, 0.1) is 6.54 Å². The largest absolute Gasteiger partial charge is 0.332 e. The van der Waals surface area contributed by atoms with E-state index >= 15 is 0 Å². The highest BCUT2D eigenvalue weighted by Gasteiger charge is 2.19. The molecule has 0 saturated carbocycles. The lowest BCUT2D eigenvalue weighted by Crippen LogP contribution is -2.37. The van der Waals surface area contributed by atoms with Crippen molar-refractivity contribution in [1.82, 2.24) is 18.7 Å². The van der Waals surface area contributed by atoms with Gasteiger partial charge in [-0.25, -0.2) is 9.78 Å². The van der Waals surface area contributed by atoms with Gasteiger partial charge in [0.2, 0.25) is 0 Å². The Morgan fingerprint density at radius 1 is 1.13 bits per heavy atom. The Kier molecular flexibility index (Phi) is 3.89. The van der Waals surface area contributed by atoms with Crippen molar-refractivity contribution >= 4 is 22.9 Å². The van der Waals surface area contributed by atoms with E-state index in [0.29, 0.717) is 17.7 Å². The van der Waals surface area contributed by atoms with Crippen LogP contribution in [0.2, 0.25) is 0 Å². The Balaban J connectivity index is 2.34. The van der Waals surface area contributed by atoms with Gasteiger partial charge >= 0.3 is 5.69 Å². The highest BCUT2D eigenvalue weighted by Crippen LogP contribution is 2.21. The second kappa shape index (κ2) is 5.73. The lowest BCUT2D eigenvalue weighted by atomic mass is 10.1. The van der Waals surface area contributed by atoms with Crippen LogP contribution in [0.15, 0.2) is 39.0 Å². The summed E-state index contributed by atoms with van der Waals surface area (Å²) in [6.45, 7) is 2.59. The quantitative estimate of drug-likeness (QED) is 0.683. The van der Waals surface area contributed by atoms with Crippen molar-refractivity contribution in [2.24, 2.45) is 14.1 Å². The Morgan fingerprint density at radius 3 is 2.48 bits per heavy atom. The fourth-order valence-electron chi connectivity index (χ4n) is 2.69. The number of aryl methyl sites for hydroxylation is 2. The fourth-order valence-corrected chi connectivity index (χ4v) is 3.24. The summed E-state index contributed by atoms with van der Waals surface area (Å²) in [5.41, 5.74) is 2.49. The minimum atomic E-state index is -0.365. The molecule has 0 bridgehead atoms. The van der Waals surface area contributed by atoms with Crippen LogP contribution in [-0.2, 0) is 20.6 Å². The highest BCUT2D eigenvalue weighted by atomic mass is 32.2. The third-order valence-corrected chi connectivity index (χ3v) is 4.76. The summed E-state index contributed by atoms with van der Waals surface area (Å²) in [5.74, 6) is 0. The van der Waals surface area contributed by atoms with Crippen LogP contribution >= 0.6 is 11.8 Å². The van der Waals surface area contributed by atoms with Crippen molar-refractivity contribution < 1.29 is 0 Å². The highest BCUT2D eigenvalue weighted by molar-refractivity contribution is 7.98. The molecule has 0 saturated heterocycles. The molecular weight excluding hydrogens is 312 g/mol. The number of hydrogen-bond acceptors (Lipinski definition) is 4. The Bertz CT molecular complexity index is 1010. The van der Waals surface area contributed by atoms with Crippen LogP contribution in [0, 0.1) is 6.92 Å². The van der Waals surface area contributed by atoms with E-state index in [1.807, 2.05) is 42.0 Å². The molecule has 0 radical (unpaired) electrons. The number of thioether (sulfide) groups is 1. The Hall–Kier alpha value is -2.28. The van der Waals surface area contributed by atoms with Crippen LogP contribution in [0.3, 0.4) is 0 Å². The van der Waals surface area contributed by atoms with E-state index in [0.717, 1.165) is 20.9 Å². The third-order valence-electron chi connectivity index (χ3n) is 4.09. The Labute approximate surface area is 137 Å². The Morgan fingerprint density at radius 2 is 1.83 bits per heavy atom. The first kappa shape index (κ1) is 15.6. The molecule has 0 atom stereocenters. The van der Waals surface area contributed by atoms with Gasteiger partial charge in [-0.05, 0) is 24.3 Å². The molecule has 1 aromatic carbocycles. The molecule has 23 heavy (non-hydrogen) atoms. The van der Waals surface area contributed by atoms with Crippen molar-refractivity contribution in [2.45, 2.75) is 18.6 Å². The maximum atomic E-state index is 12.6. The minimum absolute atomic E-state index is 0.315. The van der Waals surface area contributed by atoms with Gasteiger partial charge in [-0.3, -0.25) is 13.9 Å². The average Bonchev–Trinajstić information content (AvgIpc) is 2.91. The van der Waals surface area contributed by atoms with Crippen LogP contribution < -0.4 is 11.2 Å². The normalized spacial score (nSPS) is 11.3. The number of nitrogens with zero attached hydrogens (tertiary/aromatic N) is 4. The molecule has 3 aromatic rings. The molecule has 0 fully saturated rings. The zero-order chi connectivity index (χ0) is 16.7. The summed E-state index contributed by atoms with van der Waals surface area (Å²) in [6.07, 6.45) is 1.91. The van der Waals surface area contributed by atoms with E-state index in [2.05, 4.69) is 4.98 Å². The molecule has 0 unspecified atom stereocenters. The van der Waals surface area contributed by atoms with Gasteiger partial charge < -0.3 is 4.57 Å². The van der Waals surface area contributed by atoms with Crippen LogP contribution in [-0.4, -0.2) is 24.9 Å². The number of fused-ring (bicyclic) bond motifs is 1. The summed E-state index contributed by atoms with van der Waals surface area (Å²) in [5, 5.41) is 0.724. The number of benzene rings is 1. The number of rotatable bonds is 3. The zero-order valence-corrected chi connectivity index (χ0v) is 14.3. The lowest BCUT2D eigenvalue weighted by molar-refractivity contribution is 0.696. The van der Waals surface area contributed by atoms with E-state index in [1.54, 1.807) is 7.05 Å². The van der Waals surface area contributed by atoms with Crippen molar-refractivity contribution in [1.29, 1.82) is 0 Å². The summed E-state index contributed by atoms with van der Waals surface area (Å²) in [7, 11) is 3.13. The van der Waals surface area contributed by atoms with Crippen LogP contribution in [0.25, 0.3) is 11.2 Å². The van der Waals surface area contributed by atoms with Crippen molar-refractivity contribution in [3.05, 3.63) is 56.2 Å². The van der Waals surface area contributed by atoms with E-state index < -0.39 is 0 Å². The van der Waals surface area contributed by atoms with Crippen LogP contribution in [0.5, 0.6) is 0 Å². The lowest BCUT2D eigenvalue weighted by Gasteiger charge is -2.10. The first-order valence-electron chi connectivity index (χ1n) is 7.20. The van der Waals surface area contributed by atoms with Crippen LogP contribution in [0.1, 0.15) is 11.1 Å². The second-order valence-electron chi connectivity index (χ2n) is 5.49. The van der Waals surface area contributed by atoms with Gasteiger partial charge in [0, 0.05) is 14.1 Å². The summed E-state index contributed by atoms with van der Waals surface area (Å²) >= 11 is 1.46. The fraction of sp³-hybridized carbons (Fsp3) is 0.312. The van der Waals surface area contributed by atoms with E-state index in [1.165, 1.54) is 23.4 Å². The van der Waals surface area contributed by atoms with E-state index in [9.17, 15) is 9.59 Å². The SMILES string of the molecule is CSc1nc2c(c(=O)n(C)c(=O)n2C)n1Cc1ccccc1C. The standard InChI is InChI=1S/C16H18N4O2S/c1-10-7-5-6-8-11(10)9-20-12-13(17-15(20)23-4)18(2)16(22)19(3)14(12)21/h5-8H,9H2,1-4H3. The molecule has 0 N–H and O–H groups in total. The third kappa shape index (κ3) is 2.41. The van der Waals surface area contributed by atoms with Crippen molar-refractivity contribution in [3.63, 3.8) is 0 Å². The molecule has 0 aliphatic heterocycles. The maximum Gasteiger partial charge on any atom is 0.332 e. The monoisotopic (exact) mass is 330 g/mol. The van der Waals surface area contributed by atoms with Gasteiger partial charge in [-0.2, -0.15) is 0 Å². The molecule has 2 aromatic heterocycles. The van der Waals surface area contributed by atoms with Gasteiger partial charge in [-0.1, -0.05) is 36.0 Å². The minimum Gasteiger partial charge on any atom is -0.309 e. The van der Waals surface area contributed by atoms with Gasteiger partial charge in [0.15, 0.2) is 16.3 Å². The molecule has 0 aliphatic rings. The van der Waals surface area contributed by atoms with Gasteiger partial charge in [-0.15, -0.1) is 0 Å². The molecule has 6 nitrogen and oxygen atoms in total. The molecular formula is C16H18N4O2S. The topological polar surface area (TPSA) is 61.8 Å². The van der Waals surface area contributed by atoms with Gasteiger partial charge in [0.1, 0.15) is 0 Å². The van der Waals surface area contributed by atoms with Crippen LogP contribution in [0.4, 0.5) is 0 Å². The summed E-state index contributed by atoms with van der Waals surface area (Å²) in [6, 6.07) is 8.05. The second-order valence-corrected chi connectivity index (χ2v) is 6.26. The molecule has 2 heterocycles. The number of imidazole rings is 1. The number of aromatic nitrogens is 4. The first-order chi connectivity index (χ1) is 11.0. The average molecular weight is 330 g/mol. The van der Waals surface area contributed by atoms with Crippen molar-refractivity contribution in [3.8, 4) is 0 Å². The molecule has 0 spiro atoms. The predicted molar refractivity (Wildman–Crippen MR) is 92.3 cm³/mol. The van der Waals surface area contributed by atoms with E-state index in [-0.39, 0.29) is 11.2 Å². The van der Waals surface area contributed by atoms with Crippen molar-refractivity contribution in [2.75, 3.05) is 6.26 Å². The molecule has 7 heteroatoms. The summed E-state index contributed by atoms with van der Waals surface area (Å²) in [4.78, 5) is 29.2. The molecule has 0 amide bonds. The van der Waals surface area contributed by atoms with Gasteiger partial charge in [0.25, 0.3) is 5.56 Å². The number of hydrogen-bond donors (Lipinski definition) is 0. The maximum absolute atomic E-state index is 12.6. The smallest absolute Gasteiger partial charge is 0.309 e. The molecule has 120 valence electrons. The van der Waals surface area contributed by atoms with E-state index in [4.69, 9.17) is 0 Å². The molecule has 3 rings (SSSR count). The first-order valence-corrected chi connectivity index (χ1v) is 8.43. The summed E-state index contributed by atoms with van der Waals surface area (Å²) < 4.78 is 4.44. The molecule has 0 aliphatic carbocycles. The predicted octanol–water partition coefficient (Wildman–Crippen LogP) is 1.51.